The van der Waals surface area contributed by atoms with Crippen LogP contribution in [0.25, 0.3) is 15.5 Å². The summed E-state index contributed by atoms with van der Waals surface area (Å²) in [5.41, 5.74) is 2.41. The van der Waals surface area contributed by atoms with E-state index in [9.17, 15) is 0 Å². The highest BCUT2D eigenvalue weighted by molar-refractivity contribution is 7.19. The van der Waals surface area contributed by atoms with Crippen LogP contribution < -0.4 is 0 Å². The zero-order valence-corrected chi connectivity index (χ0v) is 11.2. The van der Waals surface area contributed by atoms with Gasteiger partial charge in [-0.3, -0.25) is 0 Å². The Morgan fingerprint density at radius 1 is 1.22 bits per heavy atom. The van der Waals surface area contributed by atoms with Crippen molar-refractivity contribution in [2.75, 3.05) is 0 Å². The Morgan fingerprint density at radius 2 is 2.06 bits per heavy atom. The van der Waals surface area contributed by atoms with Crippen LogP contribution in [0.15, 0.2) is 24.3 Å². The summed E-state index contributed by atoms with van der Waals surface area (Å²) in [6, 6.07) is 8.28. The van der Waals surface area contributed by atoms with Gasteiger partial charge in [-0.15, -0.1) is 10.2 Å². The summed E-state index contributed by atoms with van der Waals surface area (Å²) < 4.78 is 1.87. The van der Waals surface area contributed by atoms with Gasteiger partial charge in [0.05, 0.1) is 0 Å². The molecule has 0 N–H and O–H groups in total. The van der Waals surface area contributed by atoms with Crippen LogP contribution in [0.1, 0.15) is 24.7 Å². The first-order chi connectivity index (χ1) is 8.79. The SMILES string of the molecule is CCCc1nnc2sc(-c3ccccc3C)nn12. The van der Waals surface area contributed by atoms with Crippen molar-refractivity contribution in [3.8, 4) is 10.6 Å². The Hall–Kier alpha value is -1.75. The predicted octanol–water partition coefficient (Wildman–Crippen LogP) is 3.11. The molecule has 0 spiro atoms. The van der Waals surface area contributed by atoms with Gasteiger partial charge < -0.3 is 0 Å². The molecule has 0 saturated carbocycles. The molecule has 0 aliphatic carbocycles. The van der Waals surface area contributed by atoms with E-state index in [0.717, 1.165) is 28.6 Å². The lowest BCUT2D eigenvalue weighted by molar-refractivity contribution is 0.778. The molecular formula is C13H14N4S. The van der Waals surface area contributed by atoms with Crippen molar-refractivity contribution in [3.05, 3.63) is 35.7 Å². The minimum absolute atomic E-state index is 0.872. The van der Waals surface area contributed by atoms with Crippen molar-refractivity contribution in [3.63, 3.8) is 0 Å². The molecule has 0 saturated heterocycles. The maximum absolute atomic E-state index is 4.63. The molecule has 0 atom stereocenters. The van der Waals surface area contributed by atoms with E-state index >= 15 is 0 Å². The van der Waals surface area contributed by atoms with E-state index < -0.39 is 0 Å². The minimum Gasteiger partial charge on any atom is -0.187 e. The Bertz CT molecular complexity index is 683. The molecule has 2 aromatic heterocycles. The second-order valence-electron chi connectivity index (χ2n) is 4.28. The number of hydrogen-bond donors (Lipinski definition) is 0. The van der Waals surface area contributed by atoms with Crippen molar-refractivity contribution in [2.45, 2.75) is 26.7 Å². The number of hydrogen-bond acceptors (Lipinski definition) is 4. The minimum atomic E-state index is 0.872. The van der Waals surface area contributed by atoms with Gasteiger partial charge in [0.25, 0.3) is 0 Å². The Balaban J connectivity index is 2.11. The summed E-state index contributed by atoms with van der Waals surface area (Å²) in [6.45, 7) is 4.24. The van der Waals surface area contributed by atoms with Crippen LogP contribution in [0, 0.1) is 6.92 Å². The van der Waals surface area contributed by atoms with Crippen LogP contribution in [0.4, 0.5) is 0 Å². The van der Waals surface area contributed by atoms with Gasteiger partial charge in [0.1, 0.15) is 5.01 Å². The third-order valence-electron chi connectivity index (χ3n) is 2.90. The first kappa shape index (κ1) is 11.3. The van der Waals surface area contributed by atoms with Gasteiger partial charge in [-0.25, -0.2) is 0 Å². The molecular weight excluding hydrogens is 244 g/mol. The van der Waals surface area contributed by atoms with Crippen molar-refractivity contribution in [1.82, 2.24) is 19.8 Å². The molecule has 0 amide bonds. The van der Waals surface area contributed by atoms with Crippen molar-refractivity contribution in [2.24, 2.45) is 0 Å². The van der Waals surface area contributed by atoms with E-state index in [1.807, 2.05) is 16.6 Å². The van der Waals surface area contributed by atoms with Gasteiger partial charge in [0, 0.05) is 12.0 Å². The Kier molecular flexibility index (Phi) is 2.83. The van der Waals surface area contributed by atoms with E-state index in [4.69, 9.17) is 0 Å². The molecule has 3 rings (SSSR count). The fourth-order valence-corrected chi connectivity index (χ4v) is 2.91. The van der Waals surface area contributed by atoms with Gasteiger partial charge in [-0.05, 0) is 18.9 Å². The van der Waals surface area contributed by atoms with E-state index in [1.165, 1.54) is 11.1 Å². The zero-order chi connectivity index (χ0) is 12.5. The summed E-state index contributed by atoms with van der Waals surface area (Å²) in [5.74, 6) is 0.948. The Morgan fingerprint density at radius 3 is 2.83 bits per heavy atom. The molecule has 0 radical (unpaired) electrons. The summed E-state index contributed by atoms with van der Waals surface area (Å²) >= 11 is 1.59. The van der Waals surface area contributed by atoms with Crippen LogP contribution in [0.3, 0.4) is 0 Å². The molecule has 0 aliphatic rings. The number of aromatic nitrogens is 4. The highest BCUT2D eigenvalue weighted by atomic mass is 32.1. The lowest BCUT2D eigenvalue weighted by atomic mass is 10.1. The van der Waals surface area contributed by atoms with Crippen LogP contribution in [0.5, 0.6) is 0 Å². The van der Waals surface area contributed by atoms with Gasteiger partial charge in [0.15, 0.2) is 5.82 Å². The average molecular weight is 258 g/mol. The lowest BCUT2D eigenvalue weighted by Crippen LogP contribution is -1.95. The third-order valence-corrected chi connectivity index (χ3v) is 3.84. The van der Waals surface area contributed by atoms with Gasteiger partial charge in [-0.1, -0.05) is 42.5 Å². The number of fused-ring (bicyclic) bond motifs is 1. The second kappa shape index (κ2) is 4.49. The fourth-order valence-electron chi connectivity index (χ4n) is 1.96. The number of rotatable bonds is 3. The van der Waals surface area contributed by atoms with Crippen LogP contribution >= 0.6 is 11.3 Å². The zero-order valence-electron chi connectivity index (χ0n) is 10.4. The summed E-state index contributed by atoms with van der Waals surface area (Å²) in [7, 11) is 0. The lowest BCUT2D eigenvalue weighted by Gasteiger charge is -1.99. The normalized spacial score (nSPS) is 11.2. The molecule has 0 aliphatic heterocycles. The maximum atomic E-state index is 4.63. The number of aryl methyl sites for hydroxylation is 2. The van der Waals surface area contributed by atoms with Crippen molar-refractivity contribution < 1.29 is 0 Å². The standard InChI is InChI=1S/C13H14N4S/c1-3-6-11-14-15-13-17(11)16-12(18-13)10-8-5-4-7-9(10)2/h4-5,7-8H,3,6H2,1-2H3. The smallest absolute Gasteiger partial charge is 0.187 e. The third kappa shape index (κ3) is 1.80. The maximum Gasteiger partial charge on any atom is 0.234 e. The van der Waals surface area contributed by atoms with Crippen molar-refractivity contribution in [1.29, 1.82) is 0 Å². The van der Waals surface area contributed by atoms with Gasteiger partial charge >= 0.3 is 0 Å². The monoisotopic (exact) mass is 258 g/mol. The predicted molar refractivity (Wildman–Crippen MR) is 72.8 cm³/mol. The molecule has 18 heavy (non-hydrogen) atoms. The molecule has 4 nitrogen and oxygen atoms in total. The fraction of sp³-hybridized carbons (Fsp3) is 0.308. The highest BCUT2D eigenvalue weighted by Crippen LogP contribution is 2.27. The largest absolute Gasteiger partial charge is 0.234 e. The molecule has 5 heteroatoms. The van der Waals surface area contributed by atoms with E-state index in [-0.39, 0.29) is 0 Å². The molecule has 3 aromatic rings. The quantitative estimate of drug-likeness (QED) is 0.725. The Labute approximate surface area is 109 Å². The molecule has 0 unspecified atom stereocenters. The van der Waals surface area contributed by atoms with Crippen LogP contribution in [-0.2, 0) is 6.42 Å². The topological polar surface area (TPSA) is 43.1 Å². The highest BCUT2D eigenvalue weighted by Gasteiger charge is 2.13. The second-order valence-corrected chi connectivity index (χ2v) is 5.24. The van der Waals surface area contributed by atoms with Crippen LogP contribution in [-0.4, -0.2) is 19.8 Å². The number of nitrogens with zero attached hydrogens (tertiary/aromatic N) is 4. The van der Waals surface area contributed by atoms with E-state index in [0.29, 0.717) is 0 Å². The first-order valence-electron chi connectivity index (χ1n) is 6.06. The van der Waals surface area contributed by atoms with Crippen LogP contribution in [0.2, 0.25) is 0 Å². The summed E-state index contributed by atoms with van der Waals surface area (Å²) in [6.07, 6.45) is 1.97. The number of benzene rings is 1. The first-order valence-corrected chi connectivity index (χ1v) is 6.88. The van der Waals surface area contributed by atoms with Gasteiger partial charge in [0.2, 0.25) is 4.96 Å². The molecule has 92 valence electrons. The molecule has 1 aromatic carbocycles. The van der Waals surface area contributed by atoms with E-state index in [1.54, 1.807) is 11.3 Å². The summed E-state index contributed by atoms with van der Waals surface area (Å²) in [5, 5.41) is 14.0. The molecule has 0 fully saturated rings. The molecule has 2 heterocycles. The molecule has 0 bridgehead atoms. The summed E-state index contributed by atoms with van der Waals surface area (Å²) in [4.78, 5) is 0.872. The average Bonchev–Trinajstić information content (AvgIpc) is 2.92. The van der Waals surface area contributed by atoms with E-state index in [2.05, 4.69) is 41.3 Å². The van der Waals surface area contributed by atoms with Gasteiger partial charge in [-0.2, -0.15) is 9.61 Å². The van der Waals surface area contributed by atoms with Crippen molar-refractivity contribution >= 4 is 16.3 Å².